The van der Waals surface area contributed by atoms with Gasteiger partial charge in [-0.1, -0.05) is 41.0 Å². The molecule has 3 rings (SSSR count). The maximum Gasteiger partial charge on any atom is 0.230 e. The number of nitrogens with zero attached hydrogens (tertiary/aromatic N) is 1. The van der Waals surface area contributed by atoms with Crippen LogP contribution in [0.4, 0.5) is 10.3 Å². The van der Waals surface area contributed by atoms with Crippen LogP contribution in [0.3, 0.4) is 0 Å². The minimum atomic E-state index is -0.375. The molecule has 0 spiro atoms. The van der Waals surface area contributed by atoms with Crippen LogP contribution in [-0.4, -0.2) is 5.16 Å². The van der Waals surface area contributed by atoms with Gasteiger partial charge in [-0.05, 0) is 30.7 Å². The molecular weight excluding hydrogens is 291 g/mol. The van der Waals surface area contributed by atoms with Crippen LogP contribution in [0.2, 0.25) is 5.02 Å². The molecule has 0 aliphatic heterocycles. The summed E-state index contributed by atoms with van der Waals surface area (Å²) in [6, 6.07) is 11.8. The number of nitrogen functional groups attached to an aromatic ring is 1. The molecule has 3 aromatic rings. The number of anilines is 1. The molecule has 0 radical (unpaired) electrons. The van der Waals surface area contributed by atoms with E-state index in [2.05, 4.69) is 5.16 Å². The van der Waals surface area contributed by atoms with Gasteiger partial charge < -0.3 is 10.3 Å². The van der Waals surface area contributed by atoms with Crippen molar-refractivity contribution in [3.8, 4) is 22.4 Å². The van der Waals surface area contributed by atoms with Gasteiger partial charge in [-0.2, -0.15) is 0 Å². The molecule has 21 heavy (non-hydrogen) atoms. The molecule has 0 fully saturated rings. The van der Waals surface area contributed by atoms with Gasteiger partial charge >= 0.3 is 0 Å². The molecule has 0 atom stereocenters. The predicted molar refractivity (Wildman–Crippen MR) is 81.5 cm³/mol. The number of benzene rings is 2. The zero-order valence-corrected chi connectivity index (χ0v) is 12.0. The second kappa shape index (κ2) is 5.22. The van der Waals surface area contributed by atoms with Gasteiger partial charge in [-0.25, -0.2) is 4.39 Å². The second-order valence-electron chi connectivity index (χ2n) is 4.71. The third-order valence-electron chi connectivity index (χ3n) is 3.31. The van der Waals surface area contributed by atoms with Crippen molar-refractivity contribution in [2.24, 2.45) is 0 Å². The van der Waals surface area contributed by atoms with Gasteiger partial charge in [-0.3, -0.25) is 0 Å². The first-order valence-electron chi connectivity index (χ1n) is 6.34. The number of aryl methyl sites for hydroxylation is 1. The Bertz CT molecular complexity index is 814. The van der Waals surface area contributed by atoms with E-state index in [1.165, 1.54) is 6.07 Å². The van der Waals surface area contributed by atoms with Gasteiger partial charge in [0.05, 0.1) is 5.56 Å². The average molecular weight is 303 g/mol. The first-order valence-corrected chi connectivity index (χ1v) is 6.72. The zero-order chi connectivity index (χ0) is 15.0. The summed E-state index contributed by atoms with van der Waals surface area (Å²) in [6.45, 7) is 1.90. The van der Waals surface area contributed by atoms with Gasteiger partial charge in [0.25, 0.3) is 0 Å². The van der Waals surface area contributed by atoms with Crippen molar-refractivity contribution < 1.29 is 8.91 Å². The van der Waals surface area contributed by atoms with Crippen molar-refractivity contribution in [2.75, 3.05) is 5.73 Å². The molecule has 2 N–H and O–H groups in total. The molecule has 1 heterocycles. The minimum absolute atomic E-state index is 0.0875. The van der Waals surface area contributed by atoms with Crippen molar-refractivity contribution in [3.05, 3.63) is 58.9 Å². The standard InChI is InChI=1S/C16H12ClFN2O/c1-9-8-10(17)6-7-11(9)15-14(16(19)21-20-15)12-4-2-3-5-13(12)18/h2-8H,19H2,1H3. The van der Waals surface area contributed by atoms with Crippen LogP contribution in [0.1, 0.15) is 5.56 Å². The monoisotopic (exact) mass is 302 g/mol. The van der Waals surface area contributed by atoms with Gasteiger partial charge in [0, 0.05) is 16.1 Å². The van der Waals surface area contributed by atoms with E-state index in [1.807, 2.05) is 19.1 Å². The largest absolute Gasteiger partial charge is 0.367 e. The van der Waals surface area contributed by atoms with Gasteiger partial charge in [0.15, 0.2) is 0 Å². The number of aromatic nitrogens is 1. The van der Waals surface area contributed by atoms with Crippen LogP contribution < -0.4 is 5.73 Å². The molecule has 0 aliphatic rings. The third-order valence-corrected chi connectivity index (χ3v) is 3.54. The maximum absolute atomic E-state index is 14.0. The lowest BCUT2D eigenvalue weighted by Gasteiger charge is -2.07. The predicted octanol–water partition coefficient (Wildman–Crippen LogP) is 4.69. The summed E-state index contributed by atoms with van der Waals surface area (Å²) in [7, 11) is 0. The van der Waals surface area contributed by atoms with E-state index < -0.39 is 0 Å². The summed E-state index contributed by atoms with van der Waals surface area (Å²) in [5, 5.41) is 4.61. The maximum atomic E-state index is 14.0. The highest BCUT2D eigenvalue weighted by Crippen LogP contribution is 2.38. The Hall–Kier alpha value is -2.33. The smallest absolute Gasteiger partial charge is 0.230 e. The first-order chi connectivity index (χ1) is 10.1. The molecule has 3 nitrogen and oxygen atoms in total. The Morgan fingerprint density at radius 3 is 2.62 bits per heavy atom. The van der Waals surface area contributed by atoms with Gasteiger partial charge in [0.1, 0.15) is 11.5 Å². The van der Waals surface area contributed by atoms with E-state index in [4.69, 9.17) is 21.9 Å². The quantitative estimate of drug-likeness (QED) is 0.747. The SMILES string of the molecule is Cc1cc(Cl)ccc1-c1noc(N)c1-c1ccccc1F. The molecule has 1 aromatic heterocycles. The number of rotatable bonds is 2. The minimum Gasteiger partial charge on any atom is -0.367 e. The summed E-state index contributed by atoms with van der Waals surface area (Å²) >= 11 is 5.96. The molecule has 0 saturated heterocycles. The van der Waals surface area contributed by atoms with E-state index in [1.54, 1.807) is 24.3 Å². The van der Waals surface area contributed by atoms with E-state index in [-0.39, 0.29) is 11.7 Å². The lowest BCUT2D eigenvalue weighted by atomic mass is 9.98. The van der Waals surface area contributed by atoms with Crippen molar-refractivity contribution in [1.82, 2.24) is 5.16 Å². The molecule has 0 unspecified atom stereocenters. The Kier molecular flexibility index (Phi) is 3.39. The van der Waals surface area contributed by atoms with Gasteiger partial charge in [0.2, 0.25) is 5.88 Å². The van der Waals surface area contributed by atoms with Crippen LogP contribution >= 0.6 is 11.6 Å². The third kappa shape index (κ3) is 2.38. The van der Waals surface area contributed by atoms with Crippen molar-refractivity contribution in [1.29, 1.82) is 0 Å². The highest BCUT2D eigenvalue weighted by molar-refractivity contribution is 6.30. The van der Waals surface area contributed by atoms with Crippen molar-refractivity contribution >= 4 is 17.5 Å². The molecule has 0 bridgehead atoms. The molecule has 0 saturated carbocycles. The summed E-state index contributed by atoms with van der Waals surface area (Å²) in [4.78, 5) is 0. The van der Waals surface area contributed by atoms with E-state index in [9.17, 15) is 4.39 Å². The van der Waals surface area contributed by atoms with Crippen molar-refractivity contribution in [2.45, 2.75) is 6.92 Å². The van der Waals surface area contributed by atoms with Crippen molar-refractivity contribution in [3.63, 3.8) is 0 Å². The fraction of sp³-hybridized carbons (Fsp3) is 0.0625. The average Bonchev–Trinajstić information content (AvgIpc) is 2.81. The summed E-state index contributed by atoms with van der Waals surface area (Å²) in [5.41, 5.74) is 8.88. The molecular formula is C16H12ClFN2O. The normalized spacial score (nSPS) is 10.8. The molecule has 2 aromatic carbocycles. The van der Waals surface area contributed by atoms with E-state index in [0.29, 0.717) is 21.8 Å². The number of nitrogens with two attached hydrogens (primary N) is 1. The van der Waals surface area contributed by atoms with Crippen LogP contribution in [0.25, 0.3) is 22.4 Å². The van der Waals surface area contributed by atoms with Crippen LogP contribution in [-0.2, 0) is 0 Å². The first kappa shape index (κ1) is 13.6. The van der Waals surface area contributed by atoms with E-state index in [0.717, 1.165) is 11.1 Å². The Morgan fingerprint density at radius 2 is 1.90 bits per heavy atom. The molecule has 106 valence electrons. The van der Waals surface area contributed by atoms with Crippen LogP contribution in [0.15, 0.2) is 47.0 Å². The Labute approximate surface area is 126 Å². The molecule has 0 aliphatic carbocycles. The number of hydrogen-bond acceptors (Lipinski definition) is 3. The van der Waals surface area contributed by atoms with Crippen LogP contribution in [0.5, 0.6) is 0 Å². The highest BCUT2D eigenvalue weighted by atomic mass is 35.5. The molecule has 0 amide bonds. The Morgan fingerprint density at radius 1 is 1.14 bits per heavy atom. The fourth-order valence-electron chi connectivity index (χ4n) is 2.30. The zero-order valence-electron chi connectivity index (χ0n) is 11.2. The van der Waals surface area contributed by atoms with Crippen LogP contribution in [0, 0.1) is 12.7 Å². The summed E-state index contributed by atoms with van der Waals surface area (Å²) < 4.78 is 19.1. The summed E-state index contributed by atoms with van der Waals surface area (Å²) in [6.07, 6.45) is 0. The topological polar surface area (TPSA) is 52.0 Å². The number of hydrogen-bond donors (Lipinski definition) is 1. The lowest BCUT2D eigenvalue weighted by molar-refractivity contribution is 0.439. The fourth-order valence-corrected chi connectivity index (χ4v) is 2.53. The lowest BCUT2D eigenvalue weighted by Crippen LogP contribution is -1.92. The highest BCUT2D eigenvalue weighted by Gasteiger charge is 2.21. The van der Waals surface area contributed by atoms with E-state index >= 15 is 0 Å². The second-order valence-corrected chi connectivity index (χ2v) is 5.15. The summed E-state index contributed by atoms with van der Waals surface area (Å²) in [5.74, 6) is -0.287. The molecule has 5 heteroatoms. The number of halogens is 2. The van der Waals surface area contributed by atoms with Gasteiger partial charge in [-0.15, -0.1) is 0 Å². The Balaban J connectivity index is 2.25.